The van der Waals surface area contributed by atoms with E-state index >= 15 is 0 Å². The van der Waals surface area contributed by atoms with Crippen LogP contribution in [0.15, 0.2) is 21.7 Å². The zero-order valence-corrected chi connectivity index (χ0v) is 18.5. The van der Waals surface area contributed by atoms with Crippen LogP contribution in [0.3, 0.4) is 0 Å². The molecule has 4 rings (SSSR count). The Morgan fingerprint density at radius 1 is 1.21 bits per heavy atom. The number of amides is 1. The molecule has 2 aliphatic heterocycles. The first kappa shape index (κ1) is 21.2. The number of hydrogen-bond donors (Lipinski definition) is 0. The molecule has 1 saturated carbocycles. The van der Waals surface area contributed by atoms with E-state index in [1.54, 1.807) is 21.8 Å². The van der Waals surface area contributed by atoms with Crippen molar-refractivity contribution < 1.29 is 17.9 Å². The van der Waals surface area contributed by atoms with E-state index in [0.29, 0.717) is 23.8 Å². The van der Waals surface area contributed by atoms with Crippen molar-refractivity contribution in [3.8, 4) is 0 Å². The van der Waals surface area contributed by atoms with Crippen LogP contribution in [-0.2, 0) is 19.6 Å². The lowest BCUT2D eigenvalue weighted by Gasteiger charge is -2.39. The van der Waals surface area contributed by atoms with Gasteiger partial charge in [0.15, 0.2) is 0 Å². The molecule has 0 spiro atoms. The summed E-state index contributed by atoms with van der Waals surface area (Å²) >= 11 is 1.26. The molecule has 1 amide bonds. The molecule has 7 nitrogen and oxygen atoms in total. The van der Waals surface area contributed by atoms with E-state index in [1.165, 1.54) is 11.3 Å². The van der Waals surface area contributed by atoms with Crippen LogP contribution in [-0.4, -0.2) is 87.0 Å². The number of rotatable bonds is 8. The summed E-state index contributed by atoms with van der Waals surface area (Å²) in [7, 11) is -3.46. The fourth-order valence-electron chi connectivity index (χ4n) is 4.26. The van der Waals surface area contributed by atoms with Gasteiger partial charge in [-0.15, -0.1) is 11.3 Å². The Morgan fingerprint density at radius 3 is 2.69 bits per heavy atom. The minimum atomic E-state index is -3.46. The van der Waals surface area contributed by atoms with E-state index in [2.05, 4.69) is 4.90 Å². The summed E-state index contributed by atoms with van der Waals surface area (Å²) in [6.07, 6.45) is 4.55. The molecule has 1 aromatic rings. The number of morpholine rings is 1. The molecular formula is C20H31N3O4S2. The SMILES string of the molecule is O=C(C1CC1)N(CCCN1CCOCC1)C1CCCN(S(=O)(=O)c2cccs2)C1. The molecule has 2 saturated heterocycles. The maximum Gasteiger partial charge on any atom is 0.252 e. The zero-order valence-electron chi connectivity index (χ0n) is 16.9. The predicted molar refractivity (Wildman–Crippen MR) is 112 cm³/mol. The van der Waals surface area contributed by atoms with Crippen molar-refractivity contribution >= 4 is 27.3 Å². The maximum atomic E-state index is 13.0. The van der Waals surface area contributed by atoms with Crippen LogP contribution in [0.4, 0.5) is 0 Å². The van der Waals surface area contributed by atoms with Crippen molar-refractivity contribution in [3.63, 3.8) is 0 Å². The van der Waals surface area contributed by atoms with Crippen LogP contribution >= 0.6 is 11.3 Å². The summed E-state index contributed by atoms with van der Waals surface area (Å²) in [6.45, 7) is 6.09. The van der Waals surface area contributed by atoms with E-state index in [-0.39, 0.29) is 17.9 Å². The molecule has 1 unspecified atom stereocenters. The second-order valence-corrected chi connectivity index (χ2v) is 11.3. The van der Waals surface area contributed by atoms with Crippen LogP contribution < -0.4 is 0 Å². The lowest BCUT2D eigenvalue weighted by atomic mass is 10.0. The van der Waals surface area contributed by atoms with Crippen molar-refractivity contribution in [3.05, 3.63) is 17.5 Å². The van der Waals surface area contributed by atoms with E-state index in [1.807, 2.05) is 4.90 Å². The molecule has 0 aromatic carbocycles. The average Bonchev–Trinajstić information content (AvgIpc) is 3.44. The molecule has 162 valence electrons. The fourth-order valence-corrected chi connectivity index (χ4v) is 6.92. The lowest BCUT2D eigenvalue weighted by molar-refractivity contribution is -0.135. The molecule has 1 aromatic heterocycles. The Morgan fingerprint density at radius 2 is 2.00 bits per heavy atom. The highest BCUT2D eigenvalue weighted by molar-refractivity contribution is 7.91. The van der Waals surface area contributed by atoms with Crippen LogP contribution in [0.2, 0.25) is 0 Å². The number of carbonyl (C=O) groups is 1. The number of ether oxygens (including phenoxy) is 1. The Labute approximate surface area is 177 Å². The average molecular weight is 442 g/mol. The second kappa shape index (κ2) is 9.43. The van der Waals surface area contributed by atoms with E-state index < -0.39 is 10.0 Å². The van der Waals surface area contributed by atoms with Gasteiger partial charge in [0.2, 0.25) is 5.91 Å². The van der Waals surface area contributed by atoms with Crippen molar-refractivity contribution in [1.82, 2.24) is 14.1 Å². The number of carbonyl (C=O) groups excluding carboxylic acids is 1. The minimum absolute atomic E-state index is 0.0173. The van der Waals surface area contributed by atoms with E-state index in [4.69, 9.17) is 4.74 Å². The highest BCUT2D eigenvalue weighted by Crippen LogP contribution is 2.33. The van der Waals surface area contributed by atoms with Gasteiger partial charge in [0.25, 0.3) is 10.0 Å². The van der Waals surface area contributed by atoms with Crippen molar-refractivity contribution in [2.75, 3.05) is 52.5 Å². The first-order chi connectivity index (χ1) is 14.1. The monoisotopic (exact) mass is 441 g/mol. The first-order valence-electron chi connectivity index (χ1n) is 10.7. The van der Waals surface area contributed by atoms with Crippen molar-refractivity contribution in [1.29, 1.82) is 0 Å². The number of thiophene rings is 1. The molecule has 0 radical (unpaired) electrons. The van der Waals surface area contributed by atoms with Gasteiger partial charge in [-0.2, -0.15) is 4.31 Å². The molecule has 3 heterocycles. The number of nitrogens with zero attached hydrogens (tertiary/aromatic N) is 3. The lowest BCUT2D eigenvalue weighted by Crippen LogP contribution is -2.52. The van der Waals surface area contributed by atoms with Crippen LogP contribution in [0, 0.1) is 5.92 Å². The molecule has 29 heavy (non-hydrogen) atoms. The van der Waals surface area contributed by atoms with Gasteiger partial charge in [0.1, 0.15) is 4.21 Å². The predicted octanol–water partition coefficient (Wildman–Crippen LogP) is 1.86. The normalized spacial score (nSPS) is 24.5. The van der Waals surface area contributed by atoms with Crippen LogP contribution in [0.5, 0.6) is 0 Å². The minimum Gasteiger partial charge on any atom is -0.379 e. The van der Waals surface area contributed by atoms with E-state index in [0.717, 1.165) is 65.0 Å². The topological polar surface area (TPSA) is 70.2 Å². The van der Waals surface area contributed by atoms with Gasteiger partial charge in [-0.3, -0.25) is 9.69 Å². The summed E-state index contributed by atoms with van der Waals surface area (Å²) < 4.78 is 33.3. The van der Waals surface area contributed by atoms with Gasteiger partial charge in [-0.1, -0.05) is 6.07 Å². The summed E-state index contributed by atoms with van der Waals surface area (Å²) in [5.41, 5.74) is 0. The molecule has 0 N–H and O–H groups in total. The summed E-state index contributed by atoms with van der Waals surface area (Å²) in [5, 5.41) is 1.79. The van der Waals surface area contributed by atoms with E-state index in [9.17, 15) is 13.2 Å². The Kier molecular flexibility index (Phi) is 6.91. The largest absolute Gasteiger partial charge is 0.379 e. The molecule has 1 atom stereocenters. The Hall–Kier alpha value is -1.00. The number of hydrogen-bond acceptors (Lipinski definition) is 6. The smallest absolute Gasteiger partial charge is 0.252 e. The highest BCUT2D eigenvalue weighted by Gasteiger charge is 2.39. The fraction of sp³-hybridized carbons (Fsp3) is 0.750. The molecule has 0 bridgehead atoms. The molecule has 1 aliphatic carbocycles. The highest BCUT2D eigenvalue weighted by atomic mass is 32.2. The van der Waals surface area contributed by atoms with Crippen molar-refractivity contribution in [2.45, 2.75) is 42.4 Å². The quantitative estimate of drug-likeness (QED) is 0.616. The Balaban J connectivity index is 1.40. The van der Waals surface area contributed by atoms with Gasteiger partial charge in [0.05, 0.1) is 13.2 Å². The van der Waals surface area contributed by atoms with Gasteiger partial charge in [-0.25, -0.2) is 8.42 Å². The maximum absolute atomic E-state index is 13.0. The molecule has 3 aliphatic rings. The van der Waals surface area contributed by atoms with Crippen molar-refractivity contribution in [2.24, 2.45) is 5.92 Å². The number of piperidine rings is 1. The first-order valence-corrected chi connectivity index (χ1v) is 13.0. The third-order valence-electron chi connectivity index (χ3n) is 6.08. The zero-order chi connectivity index (χ0) is 20.3. The van der Waals surface area contributed by atoms with Gasteiger partial charge in [0, 0.05) is 51.2 Å². The third kappa shape index (κ3) is 5.19. The third-order valence-corrected chi connectivity index (χ3v) is 9.31. The summed E-state index contributed by atoms with van der Waals surface area (Å²) in [6, 6.07) is 3.42. The Bertz CT molecular complexity index is 774. The van der Waals surface area contributed by atoms with Gasteiger partial charge < -0.3 is 9.64 Å². The molecular weight excluding hydrogens is 410 g/mol. The summed E-state index contributed by atoms with van der Waals surface area (Å²) in [5.74, 6) is 0.384. The van der Waals surface area contributed by atoms with Crippen LogP contribution in [0.25, 0.3) is 0 Å². The second-order valence-electron chi connectivity index (χ2n) is 8.20. The van der Waals surface area contributed by atoms with Gasteiger partial charge in [-0.05, 0) is 43.6 Å². The van der Waals surface area contributed by atoms with Gasteiger partial charge >= 0.3 is 0 Å². The standard InChI is InChI=1S/C20H31N3O4S2/c24-20(17-6-7-17)23(10-3-8-21-11-13-27-14-12-21)18-4-1-9-22(16-18)29(25,26)19-5-2-15-28-19/h2,5,15,17-18H,1,3-4,6-14,16H2. The summed E-state index contributed by atoms with van der Waals surface area (Å²) in [4.78, 5) is 17.4. The molecule has 3 fully saturated rings. The molecule has 9 heteroatoms. The van der Waals surface area contributed by atoms with Crippen LogP contribution in [0.1, 0.15) is 32.1 Å². The number of sulfonamides is 1.